The molecule has 0 saturated carbocycles. The highest BCUT2D eigenvalue weighted by molar-refractivity contribution is 7.11. The van der Waals surface area contributed by atoms with Gasteiger partial charge in [-0.25, -0.2) is 4.98 Å². The molecule has 2 aromatic rings. The first-order valence-corrected chi connectivity index (χ1v) is 7.54. The number of rotatable bonds is 4. The van der Waals surface area contributed by atoms with Crippen molar-refractivity contribution in [3.05, 3.63) is 32.0 Å². The molecule has 0 saturated heterocycles. The number of nitrogens with zero attached hydrogens (tertiary/aromatic N) is 3. The molecule has 19 heavy (non-hydrogen) atoms. The molecule has 0 aliphatic carbocycles. The van der Waals surface area contributed by atoms with Crippen LogP contribution in [-0.4, -0.2) is 14.8 Å². The molecule has 4 nitrogen and oxygen atoms in total. The van der Waals surface area contributed by atoms with E-state index in [1.54, 1.807) is 11.3 Å². The standard InChI is InChI=1S/C13H19ClN4S/c1-5-18-11(12(14)7(2)17-18)6-10(15)13-8(3)16-9(4)19-13/h10H,5-6,15H2,1-4H3. The molecular formula is C13H19ClN4S. The fraction of sp³-hybridized carbons (Fsp3) is 0.538. The van der Waals surface area contributed by atoms with E-state index < -0.39 is 0 Å². The van der Waals surface area contributed by atoms with Gasteiger partial charge in [0, 0.05) is 23.9 Å². The SMILES string of the molecule is CCn1nc(C)c(Cl)c1CC(N)c1sc(C)nc1C. The molecule has 2 N–H and O–H groups in total. The van der Waals surface area contributed by atoms with Crippen LogP contribution in [0.5, 0.6) is 0 Å². The predicted molar refractivity (Wildman–Crippen MR) is 79.9 cm³/mol. The number of halogens is 1. The van der Waals surface area contributed by atoms with E-state index in [0.717, 1.165) is 38.5 Å². The molecule has 0 aliphatic heterocycles. The maximum absolute atomic E-state index is 6.32. The van der Waals surface area contributed by atoms with Crippen molar-refractivity contribution in [1.29, 1.82) is 0 Å². The van der Waals surface area contributed by atoms with Crippen molar-refractivity contribution in [2.45, 2.75) is 46.7 Å². The molecule has 0 aliphatic rings. The fourth-order valence-electron chi connectivity index (χ4n) is 2.26. The van der Waals surface area contributed by atoms with Gasteiger partial charge in [0.2, 0.25) is 0 Å². The molecule has 0 radical (unpaired) electrons. The molecule has 1 unspecified atom stereocenters. The Labute approximate surface area is 122 Å². The molecular weight excluding hydrogens is 280 g/mol. The van der Waals surface area contributed by atoms with Crippen molar-refractivity contribution in [1.82, 2.24) is 14.8 Å². The summed E-state index contributed by atoms with van der Waals surface area (Å²) in [6, 6.07) is -0.0786. The minimum atomic E-state index is -0.0786. The summed E-state index contributed by atoms with van der Waals surface area (Å²) in [6.07, 6.45) is 0.690. The molecule has 0 fully saturated rings. The zero-order valence-electron chi connectivity index (χ0n) is 11.7. The average molecular weight is 299 g/mol. The van der Waals surface area contributed by atoms with Gasteiger partial charge in [-0.05, 0) is 27.7 Å². The normalized spacial score (nSPS) is 12.9. The summed E-state index contributed by atoms with van der Waals surface area (Å²) in [5, 5.41) is 6.20. The van der Waals surface area contributed by atoms with Crippen molar-refractivity contribution in [3.63, 3.8) is 0 Å². The lowest BCUT2D eigenvalue weighted by molar-refractivity contribution is 0.589. The van der Waals surface area contributed by atoms with E-state index in [4.69, 9.17) is 17.3 Å². The van der Waals surface area contributed by atoms with Crippen LogP contribution in [0.15, 0.2) is 0 Å². The van der Waals surface area contributed by atoms with Crippen LogP contribution in [0, 0.1) is 20.8 Å². The molecule has 0 bridgehead atoms. The molecule has 2 aromatic heterocycles. The van der Waals surface area contributed by atoms with Gasteiger partial charge < -0.3 is 5.73 Å². The number of aryl methyl sites for hydroxylation is 4. The van der Waals surface area contributed by atoms with Gasteiger partial charge in [-0.2, -0.15) is 5.10 Å². The van der Waals surface area contributed by atoms with Gasteiger partial charge in [-0.3, -0.25) is 4.68 Å². The second-order valence-electron chi connectivity index (χ2n) is 4.66. The van der Waals surface area contributed by atoms with E-state index in [2.05, 4.69) is 17.0 Å². The molecule has 1 atom stereocenters. The topological polar surface area (TPSA) is 56.7 Å². The molecule has 2 heterocycles. The molecule has 104 valence electrons. The molecule has 0 spiro atoms. The van der Waals surface area contributed by atoms with Crippen molar-refractivity contribution in [2.75, 3.05) is 0 Å². The van der Waals surface area contributed by atoms with Crippen LogP contribution in [0.25, 0.3) is 0 Å². The molecule has 0 amide bonds. The Hall–Kier alpha value is -0.910. The second kappa shape index (κ2) is 5.61. The number of hydrogen-bond donors (Lipinski definition) is 1. The molecule has 2 rings (SSSR count). The Bertz CT molecular complexity index is 588. The highest BCUT2D eigenvalue weighted by Crippen LogP contribution is 2.29. The molecule has 0 aromatic carbocycles. The van der Waals surface area contributed by atoms with Gasteiger partial charge in [0.05, 0.1) is 27.1 Å². The first-order chi connectivity index (χ1) is 8.93. The average Bonchev–Trinajstić information content (AvgIpc) is 2.83. The summed E-state index contributed by atoms with van der Waals surface area (Å²) in [6.45, 7) is 8.78. The highest BCUT2D eigenvalue weighted by atomic mass is 35.5. The van der Waals surface area contributed by atoms with Crippen LogP contribution in [0.2, 0.25) is 5.02 Å². The van der Waals surface area contributed by atoms with E-state index in [1.165, 1.54) is 0 Å². The van der Waals surface area contributed by atoms with Gasteiger partial charge in [0.15, 0.2) is 0 Å². The van der Waals surface area contributed by atoms with E-state index in [9.17, 15) is 0 Å². The van der Waals surface area contributed by atoms with Crippen molar-refractivity contribution in [3.8, 4) is 0 Å². The maximum atomic E-state index is 6.32. The summed E-state index contributed by atoms with van der Waals surface area (Å²) in [4.78, 5) is 5.56. The minimum absolute atomic E-state index is 0.0786. The predicted octanol–water partition coefficient (Wildman–Crippen LogP) is 3.18. The van der Waals surface area contributed by atoms with Crippen LogP contribution in [0.4, 0.5) is 0 Å². The smallest absolute Gasteiger partial charge is 0.0900 e. The van der Waals surface area contributed by atoms with E-state index in [1.807, 2.05) is 25.5 Å². The lowest BCUT2D eigenvalue weighted by atomic mass is 10.1. The van der Waals surface area contributed by atoms with Crippen LogP contribution >= 0.6 is 22.9 Å². The largest absolute Gasteiger partial charge is 0.323 e. The van der Waals surface area contributed by atoms with Gasteiger partial charge in [0.25, 0.3) is 0 Å². The van der Waals surface area contributed by atoms with Crippen LogP contribution in [0.1, 0.15) is 39.9 Å². The van der Waals surface area contributed by atoms with Gasteiger partial charge >= 0.3 is 0 Å². The van der Waals surface area contributed by atoms with E-state index in [-0.39, 0.29) is 6.04 Å². The Morgan fingerprint density at radius 1 is 1.32 bits per heavy atom. The van der Waals surface area contributed by atoms with Crippen molar-refractivity contribution >= 4 is 22.9 Å². The summed E-state index contributed by atoms with van der Waals surface area (Å²) >= 11 is 7.98. The number of hydrogen-bond acceptors (Lipinski definition) is 4. The minimum Gasteiger partial charge on any atom is -0.323 e. The first-order valence-electron chi connectivity index (χ1n) is 6.35. The lowest BCUT2D eigenvalue weighted by Crippen LogP contribution is -2.16. The third-order valence-electron chi connectivity index (χ3n) is 3.14. The maximum Gasteiger partial charge on any atom is 0.0900 e. The number of aromatic nitrogens is 3. The number of thiazole rings is 1. The Morgan fingerprint density at radius 3 is 2.53 bits per heavy atom. The zero-order chi connectivity index (χ0) is 14.2. The third-order valence-corrected chi connectivity index (χ3v) is 4.84. The third kappa shape index (κ3) is 2.83. The fourth-order valence-corrected chi connectivity index (χ4v) is 3.40. The zero-order valence-corrected chi connectivity index (χ0v) is 13.3. The van der Waals surface area contributed by atoms with Gasteiger partial charge in [0.1, 0.15) is 0 Å². The summed E-state index contributed by atoms with van der Waals surface area (Å²) in [5.41, 5.74) is 9.21. The van der Waals surface area contributed by atoms with Crippen LogP contribution in [0.3, 0.4) is 0 Å². The highest BCUT2D eigenvalue weighted by Gasteiger charge is 2.19. The summed E-state index contributed by atoms with van der Waals surface area (Å²) in [5.74, 6) is 0. The first kappa shape index (κ1) is 14.5. The van der Waals surface area contributed by atoms with Gasteiger partial charge in [-0.15, -0.1) is 11.3 Å². The number of nitrogens with two attached hydrogens (primary N) is 1. The van der Waals surface area contributed by atoms with Gasteiger partial charge in [-0.1, -0.05) is 11.6 Å². The van der Waals surface area contributed by atoms with E-state index in [0.29, 0.717) is 6.42 Å². The summed E-state index contributed by atoms with van der Waals surface area (Å²) < 4.78 is 1.93. The molecule has 6 heteroatoms. The van der Waals surface area contributed by atoms with Crippen molar-refractivity contribution in [2.24, 2.45) is 5.73 Å². The Kier molecular flexibility index (Phi) is 4.28. The Morgan fingerprint density at radius 2 is 2.00 bits per heavy atom. The quantitative estimate of drug-likeness (QED) is 0.943. The second-order valence-corrected chi connectivity index (χ2v) is 6.27. The van der Waals surface area contributed by atoms with Crippen LogP contribution in [-0.2, 0) is 13.0 Å². The Balaban J connectivity index is 2.28. The lowest BCUT2D eigenvalue weighted by Gasteiger charge is -2.12. The van der Waals surface area contributed by atoms with Crippen molar-refractivity contribution < 1.29 is 0 Å². The van der Waals surface area contributed by atoms with E-state index >= 15 is 0 Å². The van der Waals surface area contributed by atoms with Crippen LogP contribution < -0.4 is 5.73 Å². The summed E-state index contributed by atoms with van der Waals surface area (Å²) in [7, 11) is 0. The monoisotopic (exact) mass is 298 g/mol.